The van der Waals surface area contributed by atoms with E-state index in [0.29, 0.717) is 11.6 Å². The third kappa shape index (κ3) is 4.36. The van der Waals surface area contributed by atoms with Crippen molar-refractivity contribution in [2.24, 2.45) is 5.92 Å². The number of hydrogen-bond donors (Lipinski definition) is 0. The fourth-order valence-corrected chi connectivity index (χ4v) is 5.02. The molecule has 2 saturated carbocycles. The lowest BCUT2D eigenvalue weighted by Gasteiger charge is -2.37. The summed E-state index contributed by atoms with van der Waals surface area (Å²) >= 11 is 0. The fourth-order valence-electron chi connectivity index (χ4n) is 4.00. The van der Waals surface area contributed by atoms with Gasteiger partial charge in [-0.2, -0.15) is 0 Å². The lowest BCUT2D eigenvalue weighted by Crippen LogP contribution is -2.44. The van der Waals surface area contributed by atoms with E-state index in [0.717, 1.165) is 36.1 Å². The molecule has 2 aliphatic rings. The van der Waals surface area contributed by atoms with Gasteiger partial charge in [0.1, 0.15) is 0 Å². The van der Waals surface area contributed by atoms with E-state index in [2.05, 4.69) is 6.92 Å². The number of sulfonamides is 1. The first-order valence-corrected chi connectivity index (χ1v) is 11.3. The van der Waals surface area contributed by atoms with Crippen LogP contribution in [0.3, 0.4) is 0 Å². The Morgan fingerprint density at radius 2 is 1.70 bits per heavy atom. The van der Waals surface area contributed by atoms with Gasteiger partial charge in [-0.25, -0.2) is 8.42 Å². The Hall–Kier alpha value is -1.44. The molecule has 6 nitrogen and oxygen atoms in total. The van der Waals surface area contributed by atoms with Crippen LogP contribution in [-0.2, 0) is 14.9 Å². The second kappa shape index (κ2) is 8.29. The Balaban J connectivity index is 1.82. The second-order valence-electron chi connectivity index (χ2n) is 7.65. The van der Waals surface area contributed by atoms with Gasteiger partial charge in [0.15, 0.2) is 0 Å². The molecule has 0 spiro atoms. The third-order valence-corrected chi connectivity index (χ3v) is 7.61. The van der Waals surface area contributed by atoms with Gasteiger partial charge in [-0.15, -0.1) is 0 Å². The van der Waals surface area contributed by atoms with Crippen molar-refractivity contribution in [1.29, 1.82) is 0 Å². The smallest absolute Gasteiger partial charge is 0.264 e. The molecule has 27 heavy (non-hydrogen) atoms. The highest BCUT2D eigenvalue weighted by Gasteiger charge is 2.39. The van der Waals surface area contributed by atoms with Crippen molar-refractivity contribution < 1.29 is 18.0 Å². The summed E-state index contributed by atoms with van der Waals surface area (Å²) in [7, 11) is -1.13. The van der Waals surface area contributed by atoms with Crippen LogP contribution in [0.4, 0.5) is 0 Å². The van der Waals surface area contributed by atoms with Crippen LogP contribution in [0.25, 0.3) is 0 Å². The quantitative estimate of drug-likeness (QED) is 0.665. The summed E-state index contributed by atoms with van der Waals surface area (Å²) in [6.07, 6.45) is 7.73. The van der Waals surface area contributed by atoms with Gasteiger partial charge in [0.25, 0.3) is 15.9 Å². The molecule has 0 bridgehead atoms. The Morgan fingerprint density at radius 3 is 2.22 bits per heavy atom. The number of carbonyl (C=O) groups is 1. The molecule has 2 aliphatic carbocycles. The van der Waals surface area contributed by atoms with Crippen LogP contribution in [0.15, 0.2) is 29.2 Å². The van der Waals surface area contributed by atoms with Gasteiger partial charge in [0.2, 0.25) is 0 Å². The van der Waals surface area contributed by atoms with Crippen LogP contribution in [0.2, 0.25) is 0 Å². The predicted octanol–water partition coefficient (Wildman–Crippen LogP) is 3.44. The Bertz CT molecular complexity index is 768. The summed E-state index contributed by atoms with van der Waals surface area (Å²) in [6.45, 7) is 2.23. The van der Waals surface area contributed by atoms with E-state index in [4.69, 9.17) is 4.84 Å². The number of amides is 1. The molecule has 0 radical (unpaired) electrons. The Labute approximate surface area is 162 Å². The first kappa shape index (κ1) is 20.3. The summed E-state index contributed by atoms with van der Waals surface area (Å²) in [4.78, 5) is 20.2. The first-order valence-electron chi connectivity index (χ1n) is 9.84. The molecule has 0 aromatic heterocycles. The van der Waals surface area contributed by atoms with Gasteiger partial charge in [0.05, 0.1) is 12.0 Å². The molecule has 0 N–H and O–H groups in total. The zero-order valence-electron chi connectivity index (χ0n) is 16.4. The number of carbonyl (C=O) groups excluding carboxylic acids is 1. The summed E-state index contributed by atoms with van der Waals surface area (Å²) in [5.74, 6) is 0.727. The lowest BCUT2D eigenvalue weighted by molar-refractivity contribution is -0.0258. The highest BCUT2D eigenvalue weighted by molar-refractivity contribution is 7.89. The SMILES string of the molecule is CCC1CCC(N(C(=O)c2cccc(S(=O)(=O)N(C)OC)c2)C2CC2)CC1. The van der Waals surface area contributed by atoms with Crippen LogP contribution in [0.5, 0.6) is 0 Å². The summed E-state index contributed by atoms with van der Waals surface area (Å²) in [6, 6.07) is 6.89. The maximum atomic E-state index is 13.3. The number of hydrogen-bond acceptors (Lipinski definition) is 4. The molecule has 1 aromatic rings. The summed E-state index contributed by atoms with van der Waals surface area (Å²) in [5, 5.41) is 0. The molecule has 0 unspecified atom stereocenters. The number of nitrogens with zero attached hydrogens (tertiary/aromatic N) is 2. The molecule has 1 amide bonds. The van der Waals surface area contributed by atoms with Gasteiger partial charge in [0, 0.05) is 24.7 Å². The molecule has 0 heterocycles. The van der Waals surface area contributed by atoms with Crippen LogP contribution >= 0.6 is 0 Å². The van der Waals surface area contributed by atoms with E-state index in [9.17, 15) is 13.2 Å². The lowest BCUT2D eigenvalue weighted by atomic mass is 9.83. The molecular weight excluding hydrogens is 364 g/mol. The van der Waals surface area contributed by atoms with Gasteiger partial charge in [-0.05, 0) is 62.6 Å². The average molecular weight is 395 g/mol. The number of benzene rings is 1. The van der Waals surface area contributed by atoms with Gasteiger partial charge < -0.3 is 4.90 Å². The minimum Gasteiger partial charge on any atom is -0.333 e. The highest BCUT2D eigenvalue weighted by atomic mass is 32.2. The minimum atomic E-state index is -3.77. The molecule has 2 fully saturated rings. The normalized spacial score (nSPS) is 23.4. The number of rotatable bonds is 7. The van der Waals surface area contributed by atoms with E-state index in [1.165, 1.54) is 45.6 Å². The minimum absolute atomic E-state index is 0.0467. The van der Waals surface area contributed by atoms with Crippen molar-refractivity contribution in [3.05, 3.63) is 29.8 Å². The van der Waals surface area contributed by atoms with Crippen molar-refractivity contribution in [3.8, 4) is 0 Å². The van der Waals surface area contributed by atoms with E-state index >= 15 is 0 Å². The van der Waals surface area contributed by atoms with E-state index in [1.807, 2.05) is 4.90 Å². The summed E-state index contributed by atoms with van der Waals surface area (Å²) in [5.41, 5.74) is 0.435. The number of hydroxylamine groups is 1. The van der Waals surface area contributed by atoms with Crippen molar-refractivity contribution in [2.45, 2.75) is 68.8 Å². The van der Waals surface area contributed by atoms with Crippen LogP contribution in [0, 0.1) is 5.92 Å². The molecule has 0 atom stereocenters. The van der Waals surface area contributed by atoms with Gasteiger partial charge in [-0.3, -0.25) is 9.63 Å². The molecule has 150 valence electrons. The zero-order valence-corrected chi connectivity index (χ0v) is 17.2. The third-order valence-electron chi connectivity index (χ3n) is 5.94. The Morgan fingerprint density at radius 1 is 1.11 bits per heavy atom. The topological polar surface area (TPSA) is 66.9 Å². The summed E-state index contributed by atoms with van der Waals surface area (Å²) < 4.78 is 25.8. The second-order valence-corrected chi connectivity index (χ2v) is 9.59. The molecule has 1 aromatic carbocycles. The largest absolute Gasteiger partial charge is 0.333 e. The van der Waals surface area contributed by atoms with Crippen molar-refractivity contribution in [1.82, 2.24) is 9.37 Å². The first-order chi connectivity index (χ1) is 12.9. The van der Waals surface area contributed by atoms with Crippen LogP contribution in [-0.4, -0.2) is 49.9 Å². The zero-order chi connectivity index (χ0) is 19.6. The molecule has 0 aliphatic heterocycles. The molecule has 7 heteroatoms. The van der Waals surface area contributed by atoms with Crippen LogP contribution < -0.4 is 0 Å². The van der Waals surface area contributed by atoms with E-state index in [1.54, 1.807) is 12.1 Å². The van der Waals surface area contributed by atoms with Crippen molar-refractivity contribution >= 4 is 15.9 Å². The van der Waals surface area contributed by atoms with Crippen LogP contribution in [0.1, 0.15) is 62.2 Å². The maximum Gasteiger partial charge on any atom is 0.264 e. The Kier molecular flexibility index (Phi) is 6.23. The molecular formula is C20H30N2O4S. The monoisotopic (exact) mass is 394 g/mol. The standard InChI is InChI=1S/C20H30N2O4S/c1-4-15-8-10-17(11-9-15)22(18-12-13-18)20(23)16-6-5-7-19(14-16)27(24,25)21(2)26-3/h5-7,14-15,17-18H,4,8-13H2,1-3H3. The van der Waals surface area contributed by atoms with Gasteiger partial charge in [-0.1, -0.05) is 23.9 Å². The van der Waals surface area contributed by atoms with E-state index < -0.39 is 10.0 Å². The predicted molar refractivity (Wildman–Crippen MR) is 104 cm³/mol. The van der Waals surface area contributed by atoms with E-state index in [-0.39, 0.29) is 16.8 Å². The highest BCUT2D eigenvalue weighted by Crippen LogP contribution is 2.37. The van der Waals surface area contributed by atoms with Crippen molar-refractivity contribution in [2.75, 3.05) is 14.2 Å². The van der Waals surface area contributed by atoms with Gasteiger partial charge >= 0.3 is 0 Å². The molecule has 3 rings (SSSR count). The maximum absolute atomic E-state index is 13.3. The average Bonchev–Trinajstić information content (AvgIpc) is 3.53. The molecule has 0 saturated heterocycles. The fraction of sp³-hybridized carbons (Fsp3) is 0.650. The van der Waals surface area contributed by atoms with Crippen molar-refractivity contribution in [3.63, 3.8) is 0 Å².